The van der Waals surface area contributed by atoms with E-state index in [1.54, 1.807) is 0 Å². The van der Waals surface area contributed by atoms with Crippen LogP contribution in [0.5, 0.6) is 5.75 Å². The maximum Gasteiger partial charge on any atom is 0.243 e. The molecule has 9 nitrogen and oxygen atoms in total. The first-order valence-corrected chi connectivity index (χ1v) is 14.1. The van der Waals surface area contributed by atoms with E-state index < -0.39 is 32.5 Å². The maximum atomic E-state index is 13.4. The van der Waals surface area contributed by atoms with E-state index in [1.807, 2.05) is 30.3 Å². The number of primary sulfonamides is 1. The van der Waals surface area contributed by atoms with Crippen molar-refractivity contribution in [2.45, 2.75) is 22.8 Å². The van der Waals surface area contributed by atoms with Gasteiger partial charge in [0.2, 0.25) is 26.0 Å². The van der Waals surface area contributed by atoms with Gasteiger partial charge in [-0.2, -0.15) is 4.31 Å². The standard InChI is InChI=1S/C24H26ClN3O6S2/c1-34-23-12-11-21(15-22(23)25)36(32,33)28(14-13-18-5-3-2-4-6-18)17-24(29)27-16-19-7-9-20(10-8-19)35(26,30)31/h2-12,15H,13-14,16-17H2,1H3,(H,27,29)(H2,26,30,31). The molecule has 0 aromatic heterocycles. The van der Waals surface area contributed by atoms with Crippen molar-refractivity contribution in [1.82, 2.24) is 9.62 Å². The molecule has 0 atom stereocenters. The van der Waals surface area contributed by atoms with Gasteiger partial charge in [-0.05, 0) is 47.9 Å². The van der Waals surface area contributed by atoms with Crippen molar-refractivity contribution in [1.29, 1.82) is 0 Å². The van der Waals surface area contributed by atoms with Gasteiger partial charge in [-0.25, -0.2) is 22.0 Å². The molecule has 12 heteroatoms. The second-order valence-electron chi connectivity index (χ2n) is 7.84. The molecule has 0 radical (unpaired) electrons. The molecule has 1 amide bonds. The molecule has 0 unspecified atom stereocenters. The topological polar surface area (TPSA) is 136 Å². The molecule has 0 saturated carbocycles. The predicted octanol–water partition coefficient (Wildman–Crippen LogP) is 2.55. The van der Waals surface area contributed by atoms with Gasteiger partial charge < -0.3 is 10.1 Å². The van der Waals surface area contributed by atoms with E-state index in [2.05, 4.69) is 5.32 Å². The van der Waals surface area contributed by atoms with E-state index >= 15 is 0 Å². The zero-order chi connectivity index (χ0) is 26.3. The molecule has 3 N–H and O–H groups in total. The summed E-state index contributed by atoms with van der Waals surface area (Å²) in [5.74, 6) is -0.195. The minimum Gasteiger partial charge on any atom is -0.495 e. The molecule has 0 saturated heterocycles. The van der Waals surface area contributed by atoms with Crippen molar-refractivity contribution < 1.29 is 26.4 Å². The molecule has 3 rings (SSSR count). The van der Waals surface area contributed by atoms with Crippen molar-refractivity contribution in [3.05, 3.63) is 88.9 Å². The lowest BCUT2D eigenvalue weighted by molar-refractivity contribution is -0.121. The van der Waals surface area contributed by atoms with Crippen molar-refractivity contribution in [3.63, 3.8) is 0 Å². The summed E-state index contributed by atoms with van der Waals surface area (Å²) in [6.07, 6.45) is 0.395. The van der Waals surface area contributed by atoms with Gasteiger partial charge in [0.1, 0.15) is 5.75 Å². The third kappa shape index (κ3) is 7.28. The molecular formula is C24H26ClN3O6S2. The van der Waals surface area contributed by atoms with Gasteiger partial charge in [-0.1, -0.05) is 54.1 Å². The smallest absolute Gasteiger partial charge is 0.243 e. The van der Waals surface area contributed by atoms with Crippen LogP contribution in [0.3, 0.4) is 0 Å². The Bertz CT molecular complexity index is 1410. The highest BCUT2D eigenvalue weighted by Crippen LogP contribution is 2.28. The fraction of sp³-hybridized carbons (Fsp3) is 0.208. The van der Waals surface area contributed by atoms with E-state index in [9.17, 15) is 21.6 Å². The Balaban J connectivity index is 1.76. The Kier molecular flexibility index (Phi) is 9.09. The largest absolute Gasteiger partial charge is 0.495 e. The van der Waals surface area contributed by atoms with Gasteiger partial charge >= 0.3 is 0 Å². The number of carbonyl (C=O) groups is 1. The van der Waals surface area contributed by atoms with Gasteiger partial charge in [0.25, 0.3) is 0 Å². The van der Waals surface area contributed by atoms with Crippen molar-refractivity contribution in [2.75, 3.05) is 20.2 Å². The van der Waals surface area contributed by atoms with Crippen LogP contribution in [0.1, 0.15) is 11.1 Å². The number of rotatable bonds is 11. The number of benzene rings is 3. The number of nitrogens with zero attached hydrogens (tertiary/aromatic N) is 1. The summed E-state index contributed by atoms with van der Waals surface area (Å²) in [6, 6.07) is 19.1. The maximum absolute atomic E-state index is 13.4. The first-order chi connectivity index (χ1) is 17.0. The Labute approximate surface area is 215 Å². The summed E-state index contributed by atoms with van der Waals surface area (Å²) in [5, 5.41) is 7.89. The first kappa shape index (κ1) is 27.6. The number of halogens is 1. The Morgan fingerprint density at radius 1 is 0.944 bits per heavy atom. The summed E-state index contributed by atoms with van der Waals surface area (Å²) in [6.45, 7) is -0.286. The van der Waals surface area contributed by atoms with Crippen LogP contribution in [-0.2, 0) is 37.8 Å². The fourth-order valence-corrected chi connectivity index (χ4v) is 5.61. The van der Waals surface area contributed by atoms with Crippen LogP contribution >= 0.6 is 11.6 Å². The second-order valence-corrected chi connectivity index (χ2v) is 11.7. The summed E-state index contributed by atoms with van der Waals surface area (Å²) in [7, 11) is -6.47. The van der Waals surface area contributed by atoms with Crippen LogP contribution in [0.2, 0.25) is 5.02 Å². The lowest BCUT2D eigenvalue weighted by Gasteiger charge is -2.22. The number of amides is 1. The minimum absolute atomic E-state index is 0.0473. The summed E-state index contributed by atoms with van der Waals surface area (Å²) in [5.41, 5.74) is 1.54. The third-order valence-corrected chi connectivity index (χ3v) is 8.38. The number of ether oxygens (including phenoxy) is 1. The number of nitrogens with one attached hydrogen (secondary N) is 1. The minimum atomic E-state index is -4.07. The monoisotopic (exact) mass is 551 g/mol. The van der Waals surface area contributed by atoms with Crippen LogP contribution in [0.4, 0.5) is 0 Å². The van der Waals surface area contributed by atoms with E-state index in [4.69, 9.17) is 21.5 Å². The van der Waals surface area contributed by atoms with Crippen LogP contribution in [-0.4, -0.2) is 47.2 Å². The van der Waals surface area contributed by atoms with Crippen molar-refractivity contribution in [2.24, 2.45) is 5.14 Å². The van der Waals surface area contributed by atoms with Crippen molar-refractivity contribution in [3.8, 4) is 5.75 Å². The second kappa shape index (κ2) is 11.8. The number of hydrogen-bond donors (Lipinski definition) is 2. The molecule has 0 aliphatic rings. The Morgan fingerprint density at radius 2 is 1.58 bits per heavy atom. The van der Waals surface area contributed by atoms with Crippen molar-refractivity contribution >= 4 is 37.6 Å². The highest BCUT2D eigenvalue weighted by Gasteiger charge is 2.27. The molecule has 0 aliphatic heterocycles. The molecule has 0 fully saturated rings. The number of sulfonamides is 2. The Hall–Kier alpha value is -2.96. The van der Waals surface area contributed by atoms with Crippen LogP contribution in [0.25, 0.3) is 0 Å². The summed E-state index contributed by atoms with van der Waals surface area (Å²) >= 11 is 6.14. The molecule has 0 aliphatic carbocycles. The van der Waals surface area contributed by atoms with Gasteiger partial charge in [0.15, 0.2) is 0 Å². The van der Waals surface area contributed by atoms with Gasteiger partial charge in [-0.3, -0.25) is 4.79 Å². The van der Waals surface area contributed by atoms with E-state index in [0.717, 1.165) is 9.87 Å². The van der Waals surface area contributed by atoms with Crippen LogP contribution in [0.15, 0.2) is 82.6 Å². The third-order valence-electron chi connectivity index (χ3n) is 5.32. The highest BCUT2D eigenvalue weighted by molar-refractivity contribution is 7.89. The SMILES string of the molecule is COc1ccc(S(=O)(=O)N(CCc2ccccc2)CC(=O)NCc2ccc(S(N)(=O)=O)cc2)cc1Cl. The van der Waals surface area contributed by atoms with Crippen LogP contribution in [0, 0.1) is 0 Å². The number of methoxy groups -OCH3 is 1. The molecule has 0 heterocycles. The fourth-order valence-electron chi connectivity index (χ4n) is 3.35. The lowest BCUT2D eigenvalue weighted by atomic mass is 10.1. The number of nitrogens with two attached hydrogens (primary N) is 1. The molecule has 36 heavy (non-hydrogen) atoms. The normalized spacial score (nSPS) is 11.9. The average molecular weight is 552 g/mol. The molecular weight excluding hydrogens is 526 g/mol. The molecule has 192 valence electrons. The van der Waals surface area contributed by atoms with Gasteiger partial charge in [-0.15, -0.1) is 0 Å². The average Bonchev–Trinajstić information content (AvgIpc) is 2.85. The van der Waals surface area contributed by atoms with Gasteiger partial charge in [0, 0.05) is 13.1 Å². The van der Waals surface area contributed by atoms with E-state index in [-0.39, 0.29) is 27.9 Å². The van der Waals surface area contributed by atoms with E-state index in [1.165, 1.54) is 49.6 Å². The molecule has 0 spiro atoms. The quantitative estimate of drug-likeness (QED) is 0.376. The predicted molar refractivity (Wildman–Crippen MR) is 137 cm³/mol. The molecule has 3 aromatic carbocycles. The first-order valence-electron chi connectivity index (χ1n) is 10.8. The zero-order valence-corrected chi connectivity index (χ0v) is 21.8. The van der Waals surface area contributed by atoms with Gasteiger partial charge in [0.05, 0.1) is 28.5 Å². The number of carbonyl (C=O) groups excluding carboxylic acids is 1. The number of hydrogen-bond acceptors (Lipinski definition) is 6. The summed E-state index contributed by atoms with van der Waals surface area (Å²) < 4.78 is 55.8. The van der Waals surface area contributed by atoms with E-state index in [0.29, 0.717) is 17.7 Å². The molecule has 3 aromatic rings. The zero-order valence-electron chi connectivity index (χ0n) is 19.4. The Morgan fingerprint density at radius 3 is 2.17 bits per heavy atom. The lowest BCUT2D eigenvalue weighted by Crippen LogP contribution is -2.41. The molecule has 0 bridgehead atoms. The summed E-state index contributed by atoms with van der Waals surface area (Å²) in [4.78, 5) is 12.6. The van der Waals surface area contributed by atoms with Crippen LogP contribution < -0.4 is 15.2 Å². The highest BCUT2D eigenvalue weighted by atomic mass is 35.5.